The minimum Gasteiger partial charge on any atom is -0.384 e. The zero-order chi connectivity index (χ0) is 32.8. The number of halogens is 1. The van der Waals surface area contributed by atoms with Crippen LogP contribution in [0.25, 0.3) is 0 Å². The van der Waals surface area contributed by atoms with Crippen molar-refractivity contribution in [2.45, 2.75) is 58.2 Å². The molecule has 0 heterocycles. The molecule has 0 aliphatic carbocycles. The van der Waals surface area contributed by atoms with Crippen LogP contribution in [0.1, 0.15) is 49.8 Å². The van der Waals surface area contributed by atoms with E-state index in [1.54, 1.807) is 38.1 Å². The van der Waals surface area contributed by atoms with E-state index >= 15 is 0 Å². The third-order valence-electron chi connectivity index (χ3n) is 6.46. The van der Waals surface area contributed by atoms with E-state index in [0.29, 0.717) is 30.6 Å². The van der Waals surface area contributed by atoms with Gasteiger partial charge in [-0.05, 0) is 42.5 Å². The number of rotatable bonds is 16. The first-order valence-electron chi connectivity index (χ1n) is 14.0. The van der Waals surface area contributed by atoms with Crippen molar-refractivity contribution >= 4 is 41.2 Å². The number of hydrogen-bond acceptors (Lipinski definition) is 6. The second kappa shape index (κ2) is 17.0. The summed E-state index contributed by atoms with van der Waals surface area (Å²) >= 11 is 0. The molecule has 14 N–H and O–H groups in total. The van der Waals surface area contributed by atoms with Crippen LogP contribution in [0.3, 0.4) is 0 Å². The maximum atomic E-state index is 14.6. The Morgan fingerprint density at radius 3 is 2.16 bits per heavy atom. The largest absolute Gasteiger partial charge is 0.384 e. The van der Waals surface area contributed by atoms with Gasteiger partial charge in [0, 0.05) is 37.1 Å². The molecule has 0 saturated carbocycles. The Bertz CT molecular complexity index is 1370. The Morgan fingerprint density at radius 2 is 1.59 bits per heavy atom. The van der Waals surface area contributed by atoms with Gasteiger partial charge >= 0.3 is 0 Å². The Kier molecular flexibility index (Phi) is 13.5. The molecule has 238 valence electrons. The van der Waals surface area contributed by atoms with Gasteiger partial charge in [-0.3, -0.25) is 24.8 Å². The SMILES string of the molecule is CC(C)C(NC(=O)CCCCN=C(N)N)C(=O)NC(Cc1ccc(N=C(N)N)cc1)C(=O)NCc1ccc(C(=N)N)cc1F. The van der Waals surface area contributed by atoms with Gasteiger partial charge in [0.1, 0.15) is 23.7 Å². The van der Waals surface area contributed by atoms with Gasteiger partial charge in [0.25, 0.3) is 0 Å². The van der Waals surface area contributed by atoms with Crippen molar-refractivity contribution in [3.05, 3.63) is 65.0 Å². The van der Waals surface area contributed by atoms with Crippen LogP contribution >= 0.6 is 0 Å². The van der Waals surface area contributed by atoms with Gasteiger partial charge in [0.2, 0.25) is 17.7 Å². The van der Waals surface area contributed by atoms with E-state index in [0.717, 1.165) is 6.07 Å². The molecule has 2 aromatic carbocycles. The van der Waals surface area contributed by atoms with Gasteiger partial charge in [-0.1, -0.05) is 38.1 Å². The number of carbonyl (C=O) groups is 3. The number of nitrogens with two attached hydrogens (primary N) is 5. The molecule has 2 rings (SSSR count). The molecular weight excluding hydrogens is 569 g/mol. The summed E-state index contributed by atoms with van der Waals surface area (Å²) in [4.78, 5) is 47.2. The first-order valence-corrected chi connectivity index (χ1v) is 14.0. The Balaban J connectivity index is 2.18. The summed E-state index contributed by atoms with van der Waals surface area (Å²) in [5.74, 6) is -2.81. The summed E-state index contributed by atoms with van der Waals surface area (Å²) in [6, 6.07) is 8.73. The molecule has 0 aliphatic heterocycles. The highest BCUT2D eigenvalue weighted by Crippen LogP contribution is 2.15. The van der Waals surface area contributed by atoms with Gasteiger partial charge in [0.15, 0.2) is 11.9 Å². The number of nitrogen functional groups attached to an aromatic ring is 1. The van der Waals surface area contributed by atoms with Gasteiger partial charge in [-0.15, -0.1) is 0 Å². The number of carbonyl (C=O) groups excluding carboxylic acids is 3. The van der Waals surface area contributed by atoms with E-state index in [2.05, 4.69) is 25.9 Å². The number of nitrogens with one attached hydrogen (secondary N) is 4. The monoisotopic (exact) mass is 611 g/mol. The summed E-state index contributed by atoms with van der Waals surface area (Å²) in [6.45, 7) is 3.75. The van der Waals surface area contributed by atoms with Crippen LogP contribution < -0.4 is 44.6 Å². The van der Waals surface area contributed by atoms with Crippen LogP contribution in [0.4, 0.5) is 10.1 Å². The number of benzene rings is 2. The predicted octanol–water partition coefficient (Wildman–Crippen LogP) is -0.0571. The lowest BCUT2D eigenvalue weighted by Crippen LogP contribution is -2.56. The fraction of sp³-hybridized carbons (Fsp3) is 0.379. The molecule has 0 spiro atoms. The lowest BCUT2D eigenvalue weighted by molar-refractivity contribution is -0.133. The van der Waals surface area contributed by atoms with Crippen molar-refractivity contribution < 1.29 is 18.8 Å². The maximum absolute atomic E-state index is 14.6. The van der Waals surface area contributed by atoms with Crippen LogP contribution in [0.5, 0.6) is 0 Å². The van der Waals surface area contributed by atoms with E-state index in [9.17, 15) is 18.8 Å². The molecule has 0 aliphatic rings. The zero-order valence-electron chi connectivity index (χ0n) is 24.9. The highest BCUT2D eigenvalue weighted by Gasteiger charge is 2.29. The fourth-order valence-corrected chi connectivity index (χ4v) is 4.11. The third kappa shape index (κ3) is 12.0. The first-order chi connectivity index (χ1) is 20.8. The molecule has 0 bridgehead atoms. The average molecular weight is 612 g/mol. The smallest absolute Gasteiger partial charge is 0.243 e. The molecule has 2 atom stereocenters. The fourth-order valence-electron chi connectivity index (χ4n) is 4.11. The van der Waals surface area contributed by atoms with E-state index < -0.39 is 29.7 Å². The summed E-state index contributed by atoms with van der Waals surface area (Å²) in [5.41, 5.74) is 28.5. The number of unbranched alkanes of at least 4 members (excludes halogenated alkanes) is 1. The number of amidine groups is 1. The molecule has 0 aromatic heterocycles. The normalized spacial score (nSPS) is 12.0. The van der Waals surface area contributed by atoms with Crippen molar-refractivity contribution in [3.63, 3.8) is 0 Å². The van der Waals surface area contributed by atoms with Gasteiger partial charge in [0.05, 0.1) is 5.69 Å². The van der Waals surface area contributed by atoms with Crippen molar-refractivity contribution in [3.8, 4) is 0 Å². The summed E-state index contributed by atoms with van der Waals surface area (Å²) < 4.78 is 14.6. The molecule has 0 radical (unpaired) electrons. The summed E-state index contributed by atoms with van der Waals surface area (Å²) in [6.07, 6.45) is 1.34. The maximum Gasteiger partial charge on any atom is 0.243 e. The lowest BCUT2D eigenvalue weighted by Gasteiger charge is -2.25. The molecule has 15 heteroatoms. The van der Waals surface area contributed by atoms with E-state index in [4.69, 9.17) is 34.1 Å². The van der Waals surface area contributed by atoms with Crippen molar-refractivity contribution in [2.24, 2.45) is 44.6 Å². The zero-order valence-corrected chi connectivity index (χ0v) is 24.9. The minimum atomic E-state index is -1.08. The number of amides is 3. The van der Waals surface area contributed by atoms with Crippen LogP contribution in [0, 0.1) is 17.1 Å². The number of guanidine groups is 2. The summed E-state index contributed by atoms with van der Waals surface area (Å²) in [7, 11) is 0. The molecule has 14 nitrogen and oxygen atoms in total. The molecule has 2 unspecified atom stereocenters. The second-order valence-electron chi connectivity index (χ2n) is 10.5. The average Bonchev–Trinajstić information content (AvgIpc) is 2.94. The Labute approximate surface area is 255 Å². The van der Waals surface area contributed by atoms with E-state index in [-0.39, 0.29) is 60.1 Å². The molecule has 0 fully saturated rings. The Morgan fingerprint density at radius 1 is 0.909 bits per heavy atom. The van der Waals surface area contributed by atoms with Gasteiger partial charge in [-0.25, -0.2) is 9.38 Å². The van der Waals surface area contributed by atoms with Crippen LogP contribution in [-0.4, -0.2) is 54.1 Å². The highest BCUT2D eigenvalue weighted by atomic mass is 19.1. The summed E-state index contributed by atoms with van der Waals surface area (Å²) in [5, 5.41) is 15.6. The first kappa shape index (κ1) is 35.0. The highest BCUT2D eigenvalue weighted by molar-refractivity contribution is 5.95. The third-order valence-corrected chi connectivity index (χ3v) is 6.46. The standard InChI is InChI=1S/C29H42FN11O3/c1-16(2)24(41-23(42)5-3-4-12-37-28(33)34)27(44)40-22(13-17-6-10-20(11-7-17)39-29(35)36)26(43)38-15-19-9-8-18(25(31)32)14-21(19)30/h6-11,14,16,22,24H,3-5,12-13,15H2,1-2H3,(H3,31,32)(H,38,43)(H,40,44)(H,41,42)(H4,33,34,37)(H4,35,36,39). The van der Waals surface area contributed by atoms with Crippen molar-refractivity contribution in [1.29, 1.82) is 5.41 Å². The molecular formula is C29H42FN11O3. The quantitative estimate of drug-likeness (QED) is 0.0703. The number of aliphatic imine (C=N–C) groups is 2. The van der Waals surface area contributed by atoms with Crippen LogP contribution in [-0.2, 0) is 27.3 Å². The van der Waals surface area contributed by atoms with Gasteiger partial charge < -0.3 is 44.6 Å². The van der Waals surface area contributed by atoms with Crippen LogP contribution in [0.15, 0.2) is 52.4 Å². The topological polar surface area (TPSA) is 266 Å². The van der Waals surface area contributed by atoms with Gasteiger partial charge in [-0.2, -0.15) is 0 Å². The molecule has 44 heavy (non-hydrogen) atoms. The minimum absolute atomic E-state index is 0.0229. The molecule has 2 aromatic rings. The molecule has 3 amide bonds. The predicted molar refractivity (Wildman–Crippen MR) is 168 cm³/mol. The lowest BCUT2D eigenvalue weighted by atomic mass is 10.0. The van der Waals surface area contributed by atoms with Crippen LogP contribution in [0.2, 0.25) is 0 Å². The Hall–Kier alpha value is -5.21. The van der Waals surface area contributed by atoms with Crippen molar-refractivity contribution in [2.75, 3.05) is 6.54 Å². The molecule has 0 saturated heterocycles. The van der Waals surface area contributed by atoms with E-state index in [1.165, 1.54) is 12.1 Å². The van der Waals surface area contributed by atoms with Crippen molar-refractivity contribution in [1.82, 2.24) is 16.0 Å². The second-order valence-corrected chi connectivity index (χ2v) is 10.5. The number of nitrogens with zero attached hydrogens (tertiary/aromatic N) is 2. The number of hydrogen-bond donors (Lipinski definition) is 9. The van der Waals surface area contributed by atoms with E-state index in [1.807, 2.05) is 0 Å².